The maximum Gasteiger partial charge on any atom is 0.238 e. The molecule has 0 bridgehead atoms. The van der Waals surface area contributed by atoms with E-state index in [0.29, 0.717) is 13.1 Å². The van der Waals surface area contributed by atoms with Crippen molar-refractivity contribution in [3.63, 3.8) is 0 Å². The summed E-state index contributed by atoms with van der Waals surface area (Å²) in [6.07, 6.45) is 4.93. The summed E-state index contributed by atoms with van der Waals surface area (Å²) in [7, 11) is -3.80. The summed E-state index contributed by atoms with van der Waals surface area (Å²) in [6, 6.07) is 17.2. The van der Waals surface area contributed by atoms with E-state index >= 15 is 0 Å². The number of para-hydroxylation sites is 2. The van der Waals surface area contributed by atoms with E-state index in [9.17, 15) is 8.42 Å². The summed E-state index contributed by atoms with van der Waals surface area (Å²) in [5, 5.41) is 5.34. The number of fused-ring (bicyclic) bond motifs is 2. The van der Waals surface area contributed by atoms with Gasteiger partial charge in [0.15, 0.2) is 0 Å². The molecule has 34 heavy (non-hydrogen) atoms. The van der Waals surface area contributed by atoms with Crippen LogP contribution in [0.25, 0.3) is 11.0 Å². The number of nitrogens with two attached hydrogens (primary N) is 2. The van der Waals surface area contributed by atoms with Gasteiger partial charge in [0.1, 0.15) is 5.82 Å². The smallest absolute Gasteiger partial charge is 0.238 e. The standard InChI is InChI=1S/C25H28N6O2S/c26-14-19-13-20(34(27,32)33)11-10-18(19)15-31(16-24-29-21-7-1-2-8-22(21)30-24)23-9-3-5-17-6-4-12-28-25(17)23/h1-2,4,6-8,10-13,23H,3,5,9,14-16,26H2,(H,29,30)(H2,27,32,33). The van der Waals surface area contributed by atoms with Crippen LogP contribution < -0.4 is 10.9 Å². The second kappa shape index (κ2) is 9.27. The topological polar surface area (TPSA) is 131 Å². The third-order valence-electron chi connectivity index (χ3n) is 6.50. The minimum absolute atomic E-state index is 0.0743. The quantitative estimate of drug-likeness (QED) is 0.376. The lowest BCUT2D eigenvalue weighted by atomic mass is 9.90. The van der Waals surface area contributed by atoms with E-state index in [2.05, 4.69) is 16.0 Å². The maximum absolute atomic E-state index is 11.9. The zero-order valence-corrected chi connectivity index (χ0v) is 19.6. The number of hydrogen-bond acceptors (Lipinski definition) is 6. The van der Waals surface area contributed by atoms with E-state index in [4.69, 9.17) is 20.8 Å². The molecule has 2 aromatic carbocycles. The van der Waals surface area contributed by atoms with Crippen molar-refractivity contribution in [3.8, 4) is 0 Å². The normalized spacial score (nSPS) is 16.1. The fourth-order valence-electron chi connectivity index (χ4n) is 4.83. The highest BCUT2D eigenvalue weighted by molar-refractivity contribution is 7.89. The Kier molecular flexibility index (Phi) is 6.18. The zero-order valence-electron chi connectivity index (χ0n) is 18.8. The van der Waals surface area contributed by atoms with Crippen molar-refractivity contribution in [1.82, 2.24) is 19.9 Å². The molecule has 0 spiro atoms. The van der Waals surface area contributed by atoms with Crippen molar-refractivity contribution >= 4 is 21.1 Å². The highest BCUT2D eigenvalue weighted by Crippen LogP contribution is 2.35. The van der Waals surface area contributed by atoms with E-state index in [0.717, 1.165) is 52.9 Å². The van der Waals surface area contributed by atoms with Crippen molar-refractivity contribution in [2.75, 3.05) is 0 Å². The van der Waals surface area contributed by atoms with E-state index in [1.54, 1.807) is 12.1 Å². The average Bonchev–Trinajstić information content (AvgIpc) is 3.25. The van der Waals surface area contributed by atoms with Crippen molar-refractivity contribution in [1.29, 1.82) is 0 Å². The van der Waals surface area contributed by atoms with Crippen LogP contribution in [0.1, 0.15) is 47.1 Å². The highest BCUT2D eigenvalue weighted by Gasteiger charge is 2.28. The molecule has 0 radical (unpaired) electrons. The lowest BCUT2D eigenvalue weighted by Gasteiger charge is -2.35. The molecule has 1 aliphatic rings. The fraction of sp³-hybridized carbons (Fsp3) is 0.280. The minimum Gasteiger partial charge on any atom is -0.341 e. The van der Waals surface area contributed by atoms with Crippen molar-refractivity contribution < 1.29 is 8.42 Å². The Balaban J connectivity index is 1.53. The summed E-state index contributed by atoms with van der Waals surface area (Å²) in [6.45, 7) is 1.39. The van der Waals surface area contributed by atoms with Crippen LogP contribution in [0.3, 0.4) is 0 Å². The average molecular weight is 477 g/mol. The maximum atomic E-state index is 11.9. The Labute approximate surface area is 199 Å². The summed E-state index contributed by atoms with van der Waals surface area (Å²) in [4.78, 5) is 15.4. The third kappa shape index (κ3) is 4.60. The van der Waals surface area contributed by atoms with Crippen LogP contribution >= 0.6 is 0 Å². The predicted octanol–water partition coefficient (Wildman–Crippen LogP) is 3.14. The molecular weight excluding hydrogens is 448 g/mol. The summed E-state index contributed by atoms with van der Waals surface area (Å²) >= 11 is 0. The van der Waals surface area contributed by atoms with Crippen LogP contribution in [0, 0.1) is 0 Å². The second-order valence-corrected chi connectivity index (χ2v) is 10.3. The van der Waals surface area contributed by atoms with Gasteiger partial charge in [0.05, 0.1) is 34.2 Å². The van der Waals surface area contributed by atoms with Gasteiger partial charge in [-0.15, -0.1) is 0 Å². The number of imidazole rings is 1. The molecule has 4 aromatic rings. The van der Waals surface area contributed by atoms with Crippen molar-refractivity contribution in [2.45, 2.75) is 49.8 Å². The van der Waals surface area contributed by atoms with Crippen molar-refractivity contribution in [2.24, 2.45) is 10.9 Å². The molecule has 0 saturated heterocycles. The summed E-state index contributed by atoms with van der Waals surface area (Å²) < 4.78 is 23.7. The number of pyridine rings is 1. The van der Waals surface area contributed by atoms with Gasteiger partial charge in [-0.1, -0.05) is 24.3 Å². The molecule has 2 heterocycles. The first-order chi connectivity index (χ1) is 16.4. The predicted molar refractivity (Wildman–Crippen MR) is 131 cm³/mol. The van der Waals surface area contributed by atoms with E-state index in [1.807, 2.05) is 42.6 Å². The number of primary sulfonamides is 1. The molecule has 176 valence electrons. The van der Waals surface area contributed by atoms with Gasteiger partial charge in [0.2, 0.25) is 10.0 Å². The molecule has 5 rings (SSSR count). The number of sulfonamides is 1. The van der Waals surface area contributed by atoms with Crippen LogP contribution in [0.15, 0.2) is 65.7 Å². The molecule has 0 saturated carbocycles. The number of benzene rings is 2. The third-order valence-corrected chi connectivity index (χ3v) is 7.41. The Morgan fingerprint density at radius 1 is 1.06 bits per heavy atom. The summed E-state index contributed by atoms with van der Waals surface area (Å²) in [5.74, 6) is 0.875. The summed E-state index contributed by atoms with van der Waals surface area (Å²) in [5.41, 5.74) is 12.0. The number of hydrogen-bond donors (Lipinski definition) is 3. The zero-order chi connectivity index (χ0) is 23.7. The molecule has 9 heteroatoms. The van der Waals surface area contributed by atoms with E-state index in [1.165, 1.54) is 5.56 Å². The molecule has 8 nitrogen and oxygen atoms in total. The molecule has 1 aliphatic carbocycles. The molecular formula is C25H28N6O2S. The molecule has 2 aromatic heterocycles. The van der Waals surface area contributed by atoms with Gasteiger partial charge in [-0.3, -0.25) is 9.88 Å². The van der Waals surface area contributed by atoms with Gasteiger partial charge < -0.3 is 10.7 Å². The Bertz CT molecular complexity index is 1400. The van der Waals surface area contributed by atoms with Crippen LogP contribution in [0.2, 0.25) is 0 Å². The number of nitrogens with one attached hydrogen (secondary N) is 1. The Hall–Kier alpha value is -3.11. The SMILES string of the molecule is NCc1cc(S(N)(=O)=O)ccc1CN(Cc1nc2ccccc2[nH]1)C1CCCc2cccnc21. The molecule has 0 fully saturated rings. The van der Waals surface area contributed by atoms with E-state index in [-0.39, 0.29) is 17.5 Å². The fourth-order valence-corrected chi connectivity index (χ4v) is 5.40. The monoisotopic (exact) mass is 476 g/mol. The number of nitrogens with zero attached hydrogens (tertiary/aromatic N) is 3. The van der Waals surface area contributed by atoms with Gasteiger partial charge in [0, 0.05) is 19.3 Å². The molecule has 0 amide bonds. The lowest BCUT2D eigenvalue weighted by Crippen LogP contribution is -2.32. The van der Waals surface area contributed by atoms with Crippen LogP contribution in [-0.2, 0) is 36.1 Å². The number of aromatic amines is 1. The van der Waals surface area contributed by atoms with Gasteiger partial charge in [-0.25, -0.2) is 18.5 Å². The van der Waals surface area contributed by atoms with Crippen LogP contribution in [-0.4, -0.2) is 28.3 Å². The minimum atomic E-state index is -3.80. The lowest BCUT2D eigenvalue weighted by molar-refractivity contribution is 0.153. The van der Waals surface area contributed by atoms with Gasteiger partial charge in [-0.05, 0) is 66.3 Å². The van der Waals surface area contributed by atoms with Gasteiger partial charge in [-0.2, -0.15) is 0 Å². The number of aromatic nitrogens is 3. The molecule has 1 atom stereocenters. The Morgan fingerprint density at radius 2 is 1.91 bits per heavy atom. The second-order valence-electron chi connectivity index (χ2n) is 8.74. The van der Waals surface area contributed by atoms with Crippen LogP contribution in [0.5, 0.6) is 0 Å². The van der Waals surface area contributed by atoms with E-state index < -0.39 is 10.0 Å². The van der Waals surface area contributed by atoms with Crippen molar-refractivity contribution in [3.05, 3.63) is 89.0 Å². The van der Waals surface area contributed by atoms with Gasteiger partial charge >= 0.3 is 0 Å². The first-order valence-corrected chi connectivity index (χ1v) is 12.9. The molecule has 1 unspecified atom stereocenters. The highest BCUT2D eigenvalue weighted by atomic mass is 32.2. The number of aryl methyl sites for hydroxylation is 1. The van der Waals surface area contributed by atoms with Gasteiger partial charge in [0.25, 0.3) is 0 Å². The number of H-pyrrole nitrogens is 1. The first kappa shape index (κ1) is 22.7. The number of rotatable bonds is 7. The Morgan fingerprint density at radius 3 is 2.71 bits per heavy atom. The van der Waals surface area contributed by atoms with Crippen LogP contribution in [0.4, 0.5) is 0 Å². The first-order valence-electron chi connectivity index (χ1n) is 11.4. The molecule has 5 N–H and O–H groups in total. The molecule has 0 aliphatic heterocycles. The largest absolute Gasteiger partial charge is 0.341 e.